The molecule has 0 heterocycles. The fourth-order valence-corrected chi connectivity index (χ4v) is 1.96. The van der Waals surface area contributed by atoms with E-state index in [-0.39, 0.29) is 34.1 Å². The first-order valence-corrected chi connectivity index (χ1v) is 6.53. The number of alkyl halides is 2. The number of nitro groups is 1. The van der Waals surface area contributed by atoms with Gasteiger partial charge in [-0.3, -0.25) is 10.1 Å². The minimum atomic E-state index is -3.05. The maximum absolute atomic E-state index is 12.4. The number of hydrogen-bond acceptors (Lipinski definition) is 6. The number of hydrogen-bond donors (Lipinski definition) is 1. The lowest BCUT2D eigenvalue weighted by Crippen LogP contribution is -2.04. The lowest BCUT2D eigenvalue weighted by Gasteiger charge is -2.13. The molecule has 0 radical (unpaired) electrons. The van der Waals surface area contributed by atoms with E-state index in [0.29, 0.717) is 0 Å². The van der Waals surface area contributed by atoms with Crippen LogP contribution in [0, 0.1) is 21.4 Å². The molecule has 7 nitrogen and oxygen atoms in total. The van der Waals surface area contributed by atoms with Gasteiger partial charge in [-0.25, -0.2) is 0 Å². The van der Waals surface area contributed by atoms with E-state index in [1.54, 1.807) is 0 Å². The zero-order chi connectivity index (χ0) is 17.7. The van der Waals surface area contributed by atoms with Crippen LogP contribution in [0.4, 0.5) is 25.8 Å². The van der Waals surface area contributed by atoms with Crippen LogP contribution in [-0.4, -0.2) is 18.6 Å². The highest BCUT2D eigenvalue weighted by molar-refractivity contribution is 5.72. The number of rotatable bonds is 6. The Morgan fingerprint density at radius 3 is 2.58 bits per heavy atom. The Morgan fingerprint density at radius 1 is 1.25 bits per heavy atom. The van der Waals surface area contributed by atoms with E-state index in [9.17, 15) is 18.9 Å². The summed E-state index contributed by atoms with van der Waals surface area (Å²) >= 11 is 0. The van der Waals surface area contributed by atoms with Gasteiger partial charge in [0, 0.05) is 17.8 Å². The van der Waals surface area contributed by atoms with Crippen LogP contribution in [0.3, 0.4) is 0 Å². The molecule has 9 heteroatoms. The number of benzene rings is 2. The number of nitro benzene ring substituents is 1. The Hall–Kier alpha value is -3.41. The molecule has 24 heavy (non-hydrogen) atoms. The quantitative estimate of drug-likeness (QED) is 0.636. The molecule has 0 saturated heterocycles. The van der Waals surface area contributed by atoms with Gasteiger partial charge in [-0.2, -0.15) is 14.0 Å². The van der Waals surface area contributed by atoms with Crippen molar-refractivity contribution in [1.29, 1.82) is 5.26 Å². The van der Waals surface area contributed by atoms with E-state index in [1.165, 1.54) is 43.5 Å². The maximum Gasteiger partial charge on any atom is 0.387 e. The Balaban J connectivity index is 2.41. The normalized spacial score (nSPS) is 10.1. The summed E-state index contributed by atoms with van der Waals surface area (Å²) in [5.41, 5.74) is 0.249. The van der Waals surface area contributed by atoms with Crippen molar-refractivity contribution in [3.05, 3.63) is 52.1 Å². The van der Waals surface area contributed by atoms with Crippen molar-refractivity contribution in [2.75, 3.05) is 12.4 Å². The van der Waals surface area contributed by atoms with Crippen LogP contribution in [-0.2, 0) is 0 Å². The molecule has 0 aromatic heterocycles. The van der Waals surface area contributed by atoms with Gasteiger partial charge in [0.2, 0.25) is 0 Å². The third kappa shape index (κ3) is 3.86. The first-order valence-electron chi connectivity index (χ1n) is 6.53. The van der Waals surface area contributed by atoms with Crippen LogP contribution in [0.1, 0.15) is 5.56 Å². The van der Waals surface area contributed by atoms with Gasteiger partial charge in [0.05, 0.1) is 23.7 Å². The fourth-order valence-electron chi connectivity index (χ4n) is 1.96. The summed E-state index contributed by atoms with van der Waals surface area (Å²) in [4.78, 5) is 10.4. The molecule has 124 valence electrons. The number of nitrogens with zero attached hydrogens (tertiary/aromatic N) is 2. The van der Waals surface area contributed by atoms with E-state index in [4.69, 9.17) is 10.00 Å². The van der Waals surface area contributed by atoms with Crippen LogP contribution >= 0.6 is 0 Å². The minimum absolute atomic E-state index is 0.0483. The summed E-state index contributed by atoms with van der Waals surface area (Å²) in [6.07, 6.45) is 0. The van der Waals surface area contributed by atoms with Crippen LogP contribution in [0.5, 0.6) is 11.5 Å². The average Bonchev–Trinajstić information content (AvgIpc) is 2.54. The van der Waals surface area contributed by atoms with Crippen molar-refractivity contribution in [2.24, 2.45) is 0 Å². The standard InChI is InChI=1S/C15H11F2N3O4/c1-23-13-5-3-10(7-14(13)24-15(16)17)19-11-6-9(8-18)2-4-12(11)20(21)22/h2-7,15,19H,1H3. The van der Waals surface area contributed by atoms with E-state index in [0.717, 1.165) is 0 Å². The number of ether oxygens (including phenoxy) is 2. The topological polar surface area (TPSA) is 97.4 Å². The van der Waals surface area contributed by atoms with Crippen molar-refractivity contribution in [1.82, 2.24) is 0 Å². The van der Waals surface area contributed by atoms with Gasteiger partial charge in [0.1, 0.15) is 5.69 Å². The maximum atomic E-state index is 12.4. The highest BCUT2D eigenvalue weighted by Gasteiger charge is 2.16. The predicted molar refractivity (Wildman–Crippen MR) is 80.7 cm³/mol. The molecule has 2 rings (SSSR count). The number of methoxy groups -OCH3 is 1. The molecule has 1 N–H and O–H groups in total. The molecule has 2 aromatic rings. The molecule has 0 bridgehead atoms. The summed E-state index contributed by atoms with van der Waals surface area (Å²) in [5, 5.41) is 22.7. The summed E-state index contributed by atoms with van der Waals surface area (Å²) in [5.74, 6) is -0.141. The lowest BCUT2D eigenvalue weighted by molar-refractivity contribution is -0.383. The van der Waals surface area contributed by atoms with Gasteiger partial charge in [-0.05, 0) is 24.3 Å². The van der Waals surface area contributed by atoms with Crippen LogP contribution in [0.2, 0.25) is 0 Å². The molecule has 0 aliphatic carbocycles. The number of nitriles is 1. The molecule has 2 aromatic carbocycles. The number of nitrogens with one attached hydrogen (secondary N) is 1. The largest absolute Gasteiger partial charge is 0.493 e. The monoisotopic (exact) mass is 335 g/mol. The van der Waals surface area contributed by atoms with Gasteiger partial charge < -0.3 is 14.8 Å². The molecule has 0 spiro atoms. The van der Waals surface area contributed by atoms with Gasteiger partial charge >= 0.3 is 6.61 Å². The Morgan fingerprint density at radius 2 is 2.00 bits per heavy atom. The Kier molecular flexibility index (Phi) is 5.11. The summed E-state index contributed by atoms with van der Waals surface area (Å²) in [7, 11) is 1.29. The zero-order valence-corrected chi connectivity index (χ0v) is 12.3. The number of halogens is 2. The van der Waals surface area contributed by atoms with Gasteiger partial charge in [0.15, 0.2) is 11.5 Å². The molecule has 0 unspecified atom stereocenters. The molecular weight excluding hydrogens is 324 g/mol. The first-order chi connectivity index (χ1) is 11.4. The van der Waals surface area contributed by atoms with Crippen molar-refractivity contribution < 1.29 is 23.2 Å². The van der Waals surface area contributed by atoms with Crippen molar-refractivity contribution in [3.8, 4) is 17.6 Å². The Bertz CT molecular complexity index is 806. The van der Waals surface area contributed by atoms with E-state index in [2.05, 4.69) is 10.1 Å². The lowest BCUT2D eigenvalue weighted by atomic mass is 10.1. The van der Waals surface area contributed by atoms with E-state index < -0.39 is 11.5 Å². The molecule has 0 amide bonds. The van der Waals surface area contributed by atoms with E-state index in [1.807, 2.05) is 6.07 Å². The van der Waals surface area contributed by atoms with Crippen LogP contribution in [0.15, 0.2) is 36.4 Å². The molecule has 0 aliphatic heterocycles. The fraction of sp³-hybridized carbons (Fsp3) is 0.133. The summed E-state index contributed by atoms with van der Waals surface area (Å²) in [6.45, 7) is -3.05. The smallest absolute Gasteiger partial charge is 0.387 e. The predicted octanol–water partition coefficient (Wildman–Crippen LogP) is 3.82. The van der Waals surface area contributed by atoms with Crippen molar-refractivity contribution >= 4 is 17.1 Å². The summed E-state index contributed by atoms with van der Waals surface area (Å²) in [6, 6.07) is 9.71. The second-order valence-corrected chi connectivity index (χ2v) is 4.47. The molecule has 0 aliphatic rings. The molecule has 0 fully saturated rings. The highest BCUT2D eigenvalue weighted by Crippen LogP contribution is 2.34. The average molecular weight is 335 g/mol. The summed E-state index contributed by atoms with van der Waals surface area (Å²) < 4.78 is 34.1. The Labute approximate surface area is 135 Å². The SMILES string of the molecule is COc1ccc(Nc2cc(C#N)ccc2[N+](=O)[O-])cc1OC(F)F. The van der Waals surface area contributed by atoms with Gasteiger partial charge in [0.25, 0.3) is 5.69 Å². The first kappa shape index (κ1) is 17.0. The second kappa shape index (κ2) is 7.23. The van der Waals surface area contributed by atoms with Crippen molar-refractivity contribution in [2.45, 2.75) is 6.61 Å². The zero-order valence-electron chi connectivity index (χ0n) is 12.3. The number of anilines is 2. The van der Waals surface area contributed by atoms with Crippen molar-refractivity contribution in [3.63, 3.8) is 0 Å². The van der Waals surface area contributed by atoms with Crippen LogP contribution < -0.4 is 14.8 Å². The van der Waals surface area contributed by atoms with Gasteiger partial charge in [-0.15, -0.1) is 0 Å². The van der Waals surface area contributed by atoms with Crippen LogP contribution in [0.25, 0.3) is 0 Å². The molecular formula is C15H11F2N3O4. The van der Waals surface area contributed by atoms with Gasteiger partial charge in [-0.1, -0.05) is 0 Å². The minimum Gasteiger partial charge on any atom is -0.493 e. The molecule has 0 atom stereocenters. The van der Waals surface area contributed by atoms with E-state index >= 15 is 0 Å². The third-order valence-electron chi connectivity index (χ3n) is 2.98. The highest BCUT2D eigenvalue weighted by atomic mass is 19.3. The molecule has 0 saturated carbocycles. The second-order valence-electron chi connectivity index (χ2n) is 4.47. The third-order valence-corrected chi connectivity index (χ3v) is 2.98.